The molecular weight excluding hydrogens is 306 g/mol. The van der Waals surface area contributed by atoms with Gasteiger partial charge in [-0.2, -0.15) is 0 Å². The molecule has 6 nitrogen and oxygen atoms in total. The molecule has 0 aliphatic heterocycles. The van der Waals surface area contributed by atoms with Crippen LogP contribution in [0.1, 0.15) is 21.9 Å². The molecule has 0 amide bonds. The molecule has 112 valence electrons. The van der Waals surface area contributed by atoms with E-state index >= 15 is 0 Å². The Hall–Kier alpha value is -2.60. The van der Waals surface area contributed by atoms with Gasteiger partial charge in [-0.15, -0.1) is 0 Å². The van der Waals surface area contributed by atoms with Crippen molar-refractivity contribution >= 4 is 34.3 Å². The highest BCUT2D eigenvalue weighted by Gasteiger charge is 2.22. The maximum atomic E-state index is 12.5. The first-order valence-corrected chi connectivity index (χ1v) is 6.89. The second-order valence-corrected chi connectivity index (χ2v) is 5.12. The first-order chi connectivity index (χ1) is 10.6. The van der Waals surface area contributed by atoms with Crippen molar-refractivity contribution in [3.8, 4) is 0 Å². The molecule has 2 aromatic heterocycles. The largest absolute Gasteiger partial charge is 0.469 e. The number of hydrogen-bond donors (Lipinski definition) is 2. The van der Waals surface area contributed by atoms with Crippen molar-refractivity contribution in [2.45, 2.75) is 6.42 Å². The summed E-state index contributed by atoms with van der Waals surface area (Å²) < 4.78 is 4.71. The number of ketones is 1. The third kappa shape index (κ3) is 2.48. The molecule has 0 unspecified atom stereocenters. The topological polar surface area (TPSA) is 87.8 Å². The summed E-state index contributed by atoms with van der Waals surface area (Å²) in [4.78, 5) is 34.0. The van der Waals surface area contributed by atoms with Gasteiger partial charge in [0.2, 0.25) is 5.78 Å². The van der Waals surface area contributed by atoms with Gasteiger partial charge in [0.15, 0.2) is 5.82 Å². The predicted molar refractivity (Wildman–Crippen MR) is 81.0 cm³/mol. The fraction of sp³-hybridized carbons (Fsp3) is 0.133. The predicted octanol–water partition coefficient (Wildman–Crippen LogP) is 2.49. The Balaban J connectivity index is 2.17. The second-order valence-electron chi connectivity index (χ2n) is 4.69. The van der Waals surface area contributed by atoms with Crippen LogP contribution in [0.3, 0.4) is 0 Å². The molecule has 0 spiro atoms. The Morgan fingerprint density at radius 3 is 2.86 bits per heavy atom. The van der Waals surface area contributed by atoms with Crippen LogP contribution in [-0.2, 0) is 16.0 Å². The maximum absolute atomic E-state index is 12.5. The van der Waals surface area contributed by atoms with E-state index in [1.165, 1.54) is 13.3 Å². The fourth-order valence-corrected chi connectivity index (χ4v) is 2.49. The summed E-state index contributed by atoms with van der Waals surface area (Å²) in [6, 6.07) is 5.19. The first-order valence-electron chi connectivity index (χ1n) is 6.51. The number of carbonyl (C=O) groups is 2. The third-order valence-electron chi connectivity index (χ3n) is 3.36. The average Bonchev–Trinajstić information content (AvgIpc) is 3.15. The molecule has 7 heteroatoms. The quantitative estimate of drug-likeness (QED) is 0.571. The lowest BCUT2D eigenvalue weighted by atomic mass is 10.1. The van der Waals surface area contributed by atoms with Gasteiger partial charge in [-0.25, -0.2) is 4.98 Å². The molecule has 0 saturated heterocycles. The number of methoxy groups -OCH3 is 1. The number of esters is 1. The monoisotopic (exact) mass is 317 g/mol. The lowest BCUT2D eigenvalue weighted by Gasteiger charge is -2.02. The number of aromatic nitrogens is 3. The van der Waals surface area contributed by atoms with E-state index in [-0.39, 0.29) is 18.0 Å². The first kappa shape index (κ1) is 14.3. The minimum absolute atomic E-state index is 0.0291. The number of benzene rings is 1. The van der Waals surface area contributed by atoms with Crippen LogP contribution in [-0.4, -0.2) is 33.8 Å². The van der Waals surface area contributed by atoms with Crippen molar-refractivity contribution in [1.29, 1.82) is 0 Å². The van der Waals surface area contributed by atoms with Gasteiger partial charge < -0.3 is 14.7 Å². The number of carbonyl (C=O) groups excluding carboxylic acids is 2. The number of fused-ring (bicyclic) bond motifs is 1. The Morgan fingerprint density at radius 2 is 2.18 bits per heavy atom. The van der Waals surface area contributed by atoms with Gasteiger partial charge >= 0.3 is 5.97 Å². The van der Waals surface area contributed by atoms with Gasteiger partial charge in [-0.1, -0.05) is 11.6 Å². The van der Waals surface area contributed by atoms with E-state index in [0.29, 0.717) is 21.7 Å². The highest BCUT2D eigenvalue weighted by molar-refractivity contribution is 6.31. The van der Waals surface area contributed by atoms with Crippen molar-refractivity contribution < 1.29 is 14.3 Å². The number of halogens is 1. The summed E-state index contributed by atoms with van der Waals surface area (Å²) >= 11 is 6.02. The highest BCUT2D eigenvalue weighted by Crippen LogP contribution is 2.27. The summed E-state index contributed by atoms with van der Waals surface area (Å²) in [5.74, 6) is -0.561. The normalized spacial score (nSPS) is 10.8. The Bertz CT molecular complexity index is 852. The fourth-order valence-electron chi connectivity index (χ4n) is 2.32. The summed E-state index contributed by atoms with van der Waals surface area (Å²) in [5, 5.41) is 1.24. The van der Waals surface area contributed by atoms with Crippen LogP contribution < -0.4 is 0 Å². The number of aromatic amines is 2. The van der Waals surface area contributed by atoms with Gasteiger partial charge in [-0.05, 0) is 18.2 Å². The van der Waals surface area contributed by atoms with Gasteiger partial charge in [0.1, 0.15) is 0 Å². The molecule has 1 aromatic carbocycles. The van der Waals surface area contributed by atoms with Crippen molar-refractivity contribution in [3.63, 3.8) is 0 Å². The summed E-state index contributed by atoms with van der Waals surface area (Å²) in [6.45, 7) is 0. The van der Waals surface area contributed by atoms with E-state index in [1.807, 2.05) is 0 Å². The molecule has 0 radical (unpaired) electrons. The summed E-state index contributed by atoms with van der Waals surface area (Å²) in [5.41, 5.74) is 1.57. The zero-order chi connectivity index (χ0) is 15.7. The molecule has 0 saturated carbocycles. The van der Waals surface area contributed by atoms with Gasteiger partial charge in [0.05, 0.1) is 19.2 Å². The van der Waals surface area contributed by atoms with E-state index < -0.39 is 5.97 Å². The van der Waals surface area contributed by atoms with Crippen LogP contribution in [0.15, 0.2) is 30.6 Å². The molecule has 22 heavy (non-hydrogen) atoms. The highest BCUT2D eigenvalue weighted by atomic mass is 35.5. The third-order valence-corrected chi connectivity index (χ3v) is 3.59. The summed E-state index contributed by atoms with van der Waals surface area (Å²) in [7, 11) is 1.30. The molecule has 0 aliphatic carbocycles. The number of nitrogens with one attached hydrogen (secondary N) is 2. The minimum Gasteiger partial charge on any atom is -0.469 e. The zero-order valence-electron chi connectivity index (χ0n) is 11.6. The van der Waals surface area contributed by atoms with E-state index in [9.17, 15) is 9.59 Å². The number of ether oxygens (including phenoxy) is 1. The van der Waals surface area contributed by atoms with Gasteiger partial charge in [-0.3, -0.25) is 9.59 Å². The van der Waals surface area contributed by atoms with Crippen LogP contribution in [0.2, 0.25) is 5.02 Å². The van der Waals surface area contributed by atoms with Crippen molar-refractivity contribution in [2.24, 2.45) is 0 Å². The lowest BCUT2D eigenvalue weighted by Crippen LogP contribution is -2.11. The van der Waals surface area contributed by atoms with Crippen molar-refractivity contribution in [3.05, 3.63) is 52.7 Å². The minimum atomic E-state index is -0.436. The number of rotatable bonds is 4. The molecule has 3 rings (SSSR count). The van der Waals surface area contributed by atoms with Crippen LogP contribution in [0, 0.1) is 0 Å². The Morgan fingerprint density at radius 1 is 1.36 bits per heavy atom. The molecule has 2 N–H and O–H groups in total. The average molecular weight is 318 g/mol. The number of H-pyrrole nitrogens is 2. The van der Waals surface area contributed by atoms with Gasteiger partial charge in [0, 0.05) is 33.9 Å². The Kier molecular flexibility index (Phi) is 3.68. The SMILES string of the molecule is COC(=O)Cc1c(C(=O)c2ncc[nH]2)[nH]c2ccc(Cl)cc12. The molecule has 0 bridgehead atoms. The second kappa shape index (κ2) is 5.65. The van der Waals surface area contributed by atoms with Gasteiger partial charge in [0.25, 0.3) is 0 Å². The van der Waals surface area contributed by atoms with Crippen LogP contribution >= 0.6 is 11.6 Å². The van der Waals surface area contributed by atoms with E-state index in [2.05, 4.69) is 15.0 Å². The lowest BCUT2D eigenvalue weighted by molar-refractivity contribution is -0.139. The van der Waals surface area contributed by atoms with E-state index in [0.717, 1.165) is 5.52 Å². The van der Waals surface area contributed by atoms with Crippen molar-refractivity contribution in [1.82, 2.24) is 15.0 Å². The standard InChI is InChI=1S/C15H12ClN3O3/c1-22-12(20)7-10-9-6-8(16)2-3-11(9)19-13(10)14(21)15-17-4-5-18-15/h2-6,19H,7H2,1H3,(H,17,18). The number of imidazole rings is 1. The van der Waals surface area contributed by atoms with Crippen molar-refractivity contribution in [2.75, 3.05) is 7.11 Å². The number of hydrogen-bond acceptors (Lipinski definition) is 4. The summed E-state index contributed by atoms with van der Waals surface area (Å²) in [6.07, 6.45) is 3.03. The molecular formula is C15H12ClN3O3. The van der Waals surface area contributed by atoms with Crippen LogP contribution in [0.25, 0.3) is 10.9 Å². The maximum Gasteiger partial charge on any atom is 0.310 e. The molecule has 0 fully saturated rings. The smallest absolute Gasteiger partial charge is 0.310 e. The molecule has 0 atom stereocenters. The molecule has 0 aliphatic rings. The van der Waals surface area contributed by atoms with E-state index in [4.69, 9.17) is 16.3 Å². The Labute approximate surface area is 130 Å². The van der Waals surface area contributed by atoms with Crippen LogP contribution in [0.5, 0.6) is 0 Å². The molecule has 3 aromatic rings. The zero-order valence-corrected chi connectivity index (χ0v) is 12.4. The van der Waals surface area contributed by atoms with E-state index in [1.54, 1.807) is 24.4 Å². The molecule has 2 heterocycles. The number of nitrogens with zero attached hydrogens (tertiary/aromatic N) is 1. The van der Waals surface area contributed by atoms with Crippen LogP contribution in [0.4, 0.5) is 0 Å².